The predicted octanol–water partition coefficient (Wildman–Crippen LogP) is 9.82. The van der Waals surface area contributed by atoms with Gasteiger partial charge in [0.15, 0.2) is 23.0 Å². The predicted molar refractivity (Wildman–Crippen MR) is 255 cm³/mol. The Hall–Kier alpha value is -7.34. The lowest BCUT2D eigenvalue weighted by molar-refractivity contribution is -0.131. The Morgan fingerprint density at radius 1 is 0.706 bits per heavy atom. The van der Waals surface area contributed by atoms with Gasteiger partial charge in [-0.1, -0.05) is 11.6 Å². The number of anilines is 4. The SMILES string of the molecule is COc1cc2nccc(Oc3ccc(NC(=O)C4(C(=O)Nc5ccc(F)cc5)CC4)cc3)c2cc1OC.COc1cc2ncnc(Nc3ccc(F)c(Cl)c3)c2cc1OCCCN1CCOCC1. The summed E-state index contributed by atoms with van der Waals surface area (Å²) in [5.41, 5.74) is 1.83. The molecule has 18 heteroatoms. The maximum absolute atomic E-state index is 13.5. The number of morpholine rings is 1. The number of carbonyl (C=O) groups excluding carboxylic acids is 2. The van der Waals surface area contributed by atoms with E-state index in [1.54, 1.807) is 76.1 Å². The molecule has 15 nitrogen and oxygen atoms in total. The summed E-state index contributed by atoms with van der Waals surface area (Å²) >= 11 is 5.90. The molecule has 2 aliphatic rings. The van der Waals surface area contributed by atoms with Gasteiger partial charge in [-0.15, -0.1) is 0 Å². The van der Waals surface area contributed by atoms with Gasteiger partial charge >= 0.3 is 0 Å². The molecule has 2 aromatic heterocycles. The molecule has 1 saturated carbocycles. The van der Waals surface area contributed by atoms with Crippen molar-refractivity contribution >= 4 is 68.1 Å². The number of rotatable bonds is 16. The van der Waals surface area contributed by atoms with Crippen molar-refractivity contribution in [3.05, 3.63) is 126 Å². The normalized spacial score (nSPS) is 14.0. The quantitative estimate of drug-likeness (QED) is 0.0619. The summed E-state index contributed by atoms with van der Waals surface area (Å²) in [6, 6.07) is 25.7. The van der Waals surface area contributed by atoms with E-state index < -0.39 is 23.0 Å². The fraction of sp³-hybridized carbons (Fsp3) is 0.260. The van der Waals surface area contributed by atoms with Crippen LogP contribution < -0.4 is 39.6 Å². The molecule has 68 heavy (non-hydrogen) atoms. The molecule has 2 amide bonds. The minimum absolute atomic E-state index is 0.0364. The van der Waals surface area contributed by atoms with Crippen molar-refractivity contribution < 1.29 is 46.8 Å². The number of halogens is 3. The molecular formula is C50H48ClF2N7O8. The van der Waals surface area contributed by atoms with Crippen LogP contribution in [0.3, 0.4) is 0 Å². The van der Waals surface area contributed by atoms with Gasteiger partial charge in [-0.3, -0.25) is 19.5 Å². The van der Waals surface area contributed by atoms with Crippen LogP contribution in [0, 0.1) is 17.0 Å². The lowest BCUT2D eigenvalue weighted by Gasteiger charge is -2.26. The summed E-state index contributed by atoms with van der Waals surface area (Å²) in [7, 11) is 4.72. The Labute approximate surface area is 395 Å². The fourth-order valence-electron chi connectivity index (χ4n) is 7.43. The molecule has 1 aliphatic carbocycles. The largest absolute Gasteiger partial charge is 0.493 e. The summed E-state index contributed by atoms with van der Waals surface area (Å²) in [4.78, 5) is 41.1. The molecule has 5 aromatic carbocycles. The lowest BCUT2D eigenvalue weighted by atomic mass is 10.0. The monoisotopic (exact) mass is 947 g/mol. The molecule has 0 bridgehead atoms. The van der Waals surface area contributed by atoms with E-state index >= 15 is 0 Å². The van der Waals surface area contributed by atoms with Crippen molar-refractivity contribution in [2.75, 3.05) is 76.7 Å². The third-order valence-electron chi connectivity index (χ3n) is 11.4. The minimum atomic E-state index is -1.14. The number of benzene rings is 5. The number of hydrogen-bond acceptors (Lipinski definition) is 13. The first-order valence-corrected chi connectivity index (χ1v) is 22.1. The second-order valence-electron chi connectivity index (χ2n) is 15.8. The summed E-state index contributed by atoms with van der Waals surface area (Å²) in [5, 5.41) is 10.2. The second-order valence-corrected chi connectivity index (χ2v) is 16.2. The molecule has 9 rings (SSSR count). The number of carbonyl (C=O) groups is 2. The van der Waals surface area contributed by atoms with Crippen LogP contribution in [0.4, 0.5) is 31.7 Å². The number of pyridine rings is 1. The Morgan fingerprint density at radius 3 is 1.96 bits per heavy atom. The Balaban J connectivity index is 0.000000187. The Bertz CT molecular complexity index is 2900. The minimum Gasteiger partial charge on any atom is -0.493 e. The van der Waals surface area contributed by atoms with Gasteiger partial charge < -0.3 is 44.4 Å². The summed E-state index contributed by atoms with van der Waals surface area (Å²) in [6.45, 7) is 5.00. The highest BCUT2D eigenvalue weighted by Crippen LogP contribution is 2.48. The first-order chi connectivity index (χ1) is 33.0. The Morgan fingerprint density at radius 2 is 1.31 bits per heavy atom. The van der Waals surface area contributed by atoms with Crippen molar-refractivity contribution in [2.45, 2.75) is 19.3 Å². The maximum Gasteiger partial charge on any atom is 0.240 e. The van der Waals surface area contributed by atoms with Gasteiger partial charge in [0.05, 0.1) is 57.2 Å². The smallest absolute Gasteiger partial charge is 0.240 e. The highest BCUT2D eigenvalue weighted by molar-refractivity contribution is 6.31. The number of aromatic nitrogens is 3. The van der Waals surface area contributed by atoms with Gasteiger partial charge in [-0.2, -0.15) is 0 Å². The van der Waals surface area contributed by atoms with Crippen LogP contribution >= 0.6 is 11.6 Å². The lowest BCUT2D eigenvalue weighted by Crippen LogP contribution is -2.37. The highest BCUT2D eigenvalue weighted by Gasteiger charge is 2.56. The van der Waals surface area contributed by atoms with Crippen molar-refractivity contribution in [1.29, 1.82) is 0 Å². The molecule has 3 N–H and O–H groups in total. The summed E-state index contributed by atoms with van der Waals surface area (Å²) in [5.74, 6) is 2.37. The zero-order chi connectivity index (χ0) is 47.6. The molecule has 352 valence electrons. The first-order valence-electron chi connectivity index (χ1n) is 21.7. The number of fused-ring (bicyclic) bond motifs is 2. The number of hydrogen-bond donors (Lipinski definition) is 3. The van der Waals surface area contributed by atoms with E-state index in [0.717, 1.165) is 50.0 Å². The van der Waals surface area contributed by atoms with E-state index in [0.29, 0.717) is 87.9 Å². The first kappa shape index (κ1) is 47.2. The van der Waals surface area contributed by atoms with Gasteiger partial charge in [0.25, 0.3) is 0 Å². The molecule has 2 fully saturated rings. The molecule has 0 atom stereocenters. The van der Waals surface area contributed by atoms with E-state index in [-0.39, 0.29) is 10.9 Å². The van der Waals surface area contributed by atoms with E-state index in [9.17, 15) is 18.4 Å². The van der Waals surface area contributed by atoms with Gasteiger partial charge in [-0.05, 0) is 104 Å². The van der Waals surface area contributed by atoms with Crippen LogP contribution in [-0.4, -0.2) is 92.5 Å². The molecule has 7 aromatic rings. The number of ether oxygens (including phenoxy) is 6. The van der Waals surface area contributed by atoms with Crippen LogP contribution in [0.5, 0.6) is 34.5 Å². The van der Waals surface area contributed by atoms with Crippen molar-refractivity contribution in [3.63, 3.8) is 0 Å². The van der Waals surface area contributed by atoms with Gasteiger partial charge in [0.1, 0.15) is 40.7 Å². The summed E-state index contributed by atoms with van der Waals surface area (Å²) in [6.07, 6.45) is 4.88. The van der Waals surface area contributed by atoms with Crippen molar-refractivity contribution in [2.24, 2.45) is 5.41 Å². The standard InChI is InChI=1S/C28H24FN3O5.C22H24ClFN4O3/c1-35-24-15-21-22(16-25(24)36-2)30-14-11-23(21)37-20-9-7-19(8-10-20)32-27(34)28(12-13-28)26(33)31-18-5-3-17(29)4-6-18;1-29-20-13-19-16(12-21(20)31-8-2-5-28-6-9-30-10-7-28)22(26-14-25-19)27-15-3-4-18(24)17(23)11-15/h3-11,14-16H,12-13H2,1-2H3,(H,31,33)(H,32,34);3-4,11-14H,2,5-10H2,1H3,(H,25,26,27). The molecular weight excluding hydrogens is 900 g/mol. The zero-order valence-electron chi connectivity index (χ0n) is 37.4. The van der Waals surface area contributed by atoms with E-state index in [1.165, 1.54) is 42.7 Å². The maximum atomic E-state index is 13.5. The number of methoxy groups -OCH3 is 3. The molecule has 0 spiro atoms. The summed E-state index contributed by atoms with van der Waals surface area (Å²) < 4.78 is 60.3. The highest BCUT2D eigenvalue weighted by atomic mass is 35.5. The zero-order valence-corrected chi connectivity index (χ0v) is 38.2. The number of nitrogens with one attached hydrogen (secondary N) is 3. The van der Waals surface area contributed by atoms with Crippen molar-refractivity contribution in [3.8, 4) is 34.5 Å². The van der Waals surface area contributed by atoms with Crippen LogP contribution in [0.1, 0.15) is 19.3 Å². The molecule has 3 heterocycles. The third-order valence-corrected chi connectivity index (χ3v) is 11.6. The number of amides is 2. The topological polar surface area (TPSA) is 168 Å². The fourth-order valence-corrected chi connectivity index (χ4v) is 7.61. The van der Waals surface area contributed by atoms with E-state index in [2.05, 4.69) is 35.8 Å². The average Bonchev–Trinajstić information content (AvgIpc) is 4.18. The van der Waals surface area contributed by atoms with Crippen LogP contribution in [-0.2, 0) is 14.3 Å². The Kier molecular flexibility index (Phi) is 14.9. The van der Waals surface area contributed by atoms with E-state index in [1.807, 2.05) is 12.1 Å². The second kappa shape index (κ2) is 21.5. The van der Waals surface area contributed by atoms with Crippen LogP contribution in [0.25, 0.3) is 21.8 Å². The molecule has 1 aliphatic heterocycles. The van der Waals surface area contributed by atoms with Gasteiger partial charge in [-0.25, -0.2) is 18.7 Å². The van der Waals surface area contributed by atoms with Gasteiger partial charge in [0.2, 0.25) is 11.8 Å². The molecule has 0 radical (unpaired) electrons. The van der Waals surface area contributed by atoms with Gasteiger partial charge in [0, 0.05) is 65.8 Å². The van der Waals surface area contributed by atoms with E-state index in [4.69, 9.17) is 40.0 Å². The molecule has 0 unspecified atom stereocenters. The van der Waals surface area contributed by atoms with Crippen LogP contribution in [0.15, 0.2) is 110 Å². The average molecular weight is 948 g/mol. The molecule has 1 saturated heterocycles. The van der Waals surface area contributed by atoms with Crippen LogP contribution in [0.2, 0.25) is 5.02 Å². The van der Waals surface area contributed by atoms with Crippen molar-refractivity contribution in [1.82, 2.24) is 19.9 Å². The number of nitrogens with zero attached hydrogens (tertiary/aromatic N) is 4. The third kappa shape index (κ3) is 11.3.